The number of hydrogen-bond donors (Lipinski definition) is 1. The number of thiophene rings is 1. The van der Waals surface area contributed by atoms with E-state index in [4.69, 9.17) is 5.11 Å². The van der Waals surface area contributed by atoms with Crippen LogP contribution in [-0.2, 0) is 11.2 Å². The van der Waals surface area contributed by atoms with Crippen LogP contribution in [0.1, 0.15) is 40.4 Å². The van der Waals surface area contributed by atoms with Crippen molar-refractivity contribution in [2.45, 2.75) is 33.6 Å². The third-order valence-electron chi connectivity index (χ3n) is 3.97. The summed E-state index contributed by atoms with van der Waals surface area (Å²) in [5, 5.41) is 9.14. The first-order valence-electron chi connectivity index (χ1n) is 7.05. The Hall–Kier alpha value is -1.36. The monoisotopic (exact) mass is 295 g/mol. The van der Waals surface area contributed by atoms with Gasteiger partial charge in [0.15, 0.2) is 0 Å². The molecule has 0 aromatic carbocycles. The van der Waals surface area contributed by atoms with Gasteiger partial charge in [0, 0.05) is 18.0 Å². The standard InChI is InChI=1S/C15H21NO3S/c1-4-5-11-6-13(20-10(11)3)14(17)16-7-9(2)12(8-16)15(18)19/h6,9,12H,4-5,7-8H2,1-3H3,(H,18,19)/t9-,12-/m1/s1. The Morgan fingerprint density at radius 1 is 1.45 bits per heavy atom. The summed E-state index contributed by atoms with van der Waals surface area (Å²) in [7, 11) is 0. The molecule has 110 valence electrons. The highest BCUT2D eigenvalue weighted by Gasteiger charge is 2.37. The van der Waals surface area contributed by atoms with Crippen LogP contribution in [0.3, 0.4) is 0 Å². The summed E-state index contributed by atoms with van der Waals surface area (Å²) in [4.78, 5) is 27.2. The molecule has 5 heteroatoms. The number of aryl methyl sites for hydroxylation is 2. The van der Waals surface area contributed by atoms with Crippen molar-refractivity contribution < 1.29 is 14.7 Å². The molecule has 0 aliphatic carbocycles. The van der Waals surface area contributed by atoms with Crippen molar-refractivity contribution >= 4 is 23.2 Å². The molecule has 1 fully saturated rings. The number of carbonyl (C=O) groups is 2. The molecule has 0 radical (unpaired) electrons. The third-order valence-corrected chi connectivity index (χ3v) is 5.05. The van der Waals surface area contributed by atoms with Crippen LogP contribution in [0.4, 0.5) is 0 Å². The highest BCUT2D eigenvalue weighted by atomic mass is 32.1. The lowest BCUT2D eigenvalue weighted by Gasteiger charge is -2.14. The van der Waals surface area contributed by atoms with E-state index in [1.54, 1.807) is 4.90 Å². The van der Waals surface area contributed by atoms with Gasteiger partial charge < -0.3 is 10.0 Å². The molecule has 1 aliphatic heterocycles. The second-order valence-corrected chi connectivity index (χ2v) is 6.83. The number of likely N-dealkylation sites (tertiary alicyclic amines) is 1. The summed E-state index contributed by atoms with van der Waals surface area (Å²) >= 11 is 1.52. The summed E-state index contributed by atoms with van der Waals surface area (Å²) in [5.41, 5.74) is 1.24. The van der Waals surface area contributed by atoms with Gasteiger partial charge in [-0.15, -0.1) is 11.3 Å². The maximum absolute atomic E-state index is 12.5. The molecule has 0 unspecified atom stereocenters. The number of amides is 1. The Morgan fingerprint density at radius 3 is 2.70 bits per heavy atom. The number of carboxylic acids is 1. The number of hydrogen-bond acceptors (Lipinski definition) is 3. The average molecular weight is 295 g/mol. The van der Waals surface area contributed by atoms with Crippen molar-refractivity contribution in [3.05, 3.63) is 21.4 Å². The molecule has 0 saturated carbocycles. The van der Waals surface area contributed by atoms with E-state index in [-0.39, 0.29) is 11.8 Å². The molecule has 1 aromatic rings. The SMILES string of the molecule is CCCc1cc(C(=O)N2C[C@@H](C)[C@H](C(=O)O)C2)sc1C. The van der Waals surface area contributed by atoms with E-state index < -0.39 is 11.9 Å². The largest absolute Gasteiger partial charge is 0.481 e. The van der Waals surface area contributed by atoms with Gasteiger partial charge in [-0.2, -0.15) is 0 Å². The second kappa shape index (κ2) is 5.95. The molecule has 0 bridgehead atoms. The number of carbonyl (C=O) groups excluding carboxylic acids is 1. The van der Waals surface area contributed by atoms with Crippen LogP contribution in [0.5, 0.6) is 0 Å². The van der Waals surface area contributed by atoms with Crippen molar-refractivity contribution in [3.63, 3.8) is 0 Å². The minimum absolute atomic E-state index is 0.0175. The molecular weight excluding hydrogens is 274 g/mol. The van der Waals surface area contributed by atoms with E-state index in [9.17, 15) is 9.59 Å². The summed E-state index contributed by atoms with van der Waals surface area (Å²) in [6.07, 6.45) is 2.05. The Labute approximate surface area is 123 Å². The lowest BCUT2D eigenvalue weighted by molar-refractivity contribution is -0.142. The molecule has 1 saturated heterocycles. The van der Waals surface area contributed by atoms with Crippen molar-refractivity contribution in [2.24, 2.45) is 11.8 Å². The zero-order chi connectivity index (χ0) is 14.9. The first-order chi connectivity index (χ1) is 9.43. The molecule has 1 amide bonds. The van der Waals surface area contributed by atoms with Crippen molar-refractivity contribution in [3.8, 4) is 0 Å². The summed E-state index contributed by atoms with van der Waals surface area (Å²) in [6.45, 7) is 6.93. The van der Waals surface area contributed by atoms with Crippen LogP contribution in [0.2, 0.25) is 0 Å². The van der Waals surface area contributed by atoms with Crippen LogP contribution < -0.4 is 0 Å². The molecule has 2 heterocycles. The minimum Gasteiger partial charge on any atom is -0.481 e. The number of nitrogens with zero attached hydrogens (tertiary/aromatic N) is 1. The van der Waals surface area contributed by atoms with Gasteiger partial charge in [0.1, 0.15) is 0 Å². The van der Waals surface area contributed by atoms with E-state index in [0.29, 0.717) is 13.1 Å². The maximum Gasteiger partial charge on any atom is 0.308 e. The third kappa shape index (κ3) is 2.87. The fourth-order valence-electron chi connectivity index (χ4n) is 2.75. The van der Waals surface area contributed by atoms with Gasteiger partial charge in [-0.1, -0.05) is 20.3 Å². The lowest BCUT2D eigenvalue weighted by Crippen LogP contribution is -2.29. The first-order valence-corrected chi connectivity index (χ1v) is 7.87. The van der Waals surface area contributed by atoms with Crippen LogP contribution in [0.15, 0.2) is 6.07 Å². The van der Waals surface area contributed by atoms with E-state index in [1.165, 1.54) is 21.8 Å². The lowest BCUT2D eigenvalue weighted by atomic mass is 9.99. The molecule has 1 aliphatic rings. The molecule has 0 spiro atoms. The smallest absolute Gasteiger partial charge is 0.308 e. The highest BCUT2D eigenvalue weighted by Crippen LogP contribution is 2.28. The van der Waals surface area contributed by atoms with Gasteiger partial charge in [-0.3, -0.25) is 9.59 Å². The summed E-state index contributed by atoms with van der Waals surface area (Å²) < 4.78 is 0. The molecule has 20 heavy (non-hydrogen) atoms. The zero-order valence-corrected chi connectivity index (χ0v) is 13.0. The molecule has 4 nitrogen and oxygen atoms in total. The first kappa shape index (κ1) is 15.0. The highest BCUT2D eigenvalue weighted by molar-refractivity contribution is 7.14. The predicted octanol–water partition coefficient (Wildman–Crippen LogP) is 2.80. The van der Waals surface area contributed by atoms with E-state index in [1.807, 2.05) is 19.9 Å². The van der Waals surface area contributed by atoms with Crippen molar-refractivity contribution in [1.82, 2.24) is 4.90 Å². The Bertz CT molecular complexity index is 523. The average Bonchev–Trinajstić information content (AvgIpc) is 2.93. The van der Waals surface area contributed by atoms with Gasteiger partial charge in [0.05, 0.1) is 10.8 Å². The van der Waals surface area contributed by atoms with Crippen LogP contribution in [0, 0.1) is 18.8 Å². The number of rotatable bonds is 4. The quantitative estimate of drug-likeness (QED) is 0.929. The van der Waals surface area contributed by atoms with E-state index >= 15 is 0 Å². The summed E-state index contributed by atoms with van der Waals surface area (Å²) in [6, 6.07) is 1.98. The normalized spacial score (nSPS) is 22.2. The fraction of sp³-hybridized carbons (Fsp3) is 0.600. The zero-order valence-electron chi connectivity index (χ0n) is 12.2. The molecule has 2 atom stereocenters. The summed E-state index contributed by atoms with van der Waals surface area (Å²) in [5.74, 6) is -1.24. The van der Waals surface area contributed by atoms with Gasteiger partial charge in [0.25, 0.3) is 5.91 Å². The minimum atomic E-state index is -0.804. The van der Waals surface area contributed by atoms with Gasteiger partial charge >= 0.3 is 5.97 Å². The van der Waals surface area contributed by atoms with Gasteiger partial charge in [0.2, 0.25) is 0 Å². The van der Waals surface area contributed by atoms with Crippen molar-refractivity contribution in [1.29, 1.82) is 0 Å². The van der Waals surface area contributed by atoms with E-state index in [0.717, 1.165) is 17.7 Å². The Balaban J connectivity index is 2.12. The molecule has 1 aromatic heterocycles. The number of aliphatic carboxylic acids is 1. The van der Waals surface area contributed by atoms with Gasteiger partial charge in [-0.05, 0) is 30.9 Å². The second-order valence-electron chi connectivity index (χ2n) is 5.57. The van der Waals surface area contributed by atoms with Crippen molar-refractivity contribution in [2.75, 3.05) is 13.1 Å². The van der Waals surface area contributed by atoms with Crippen LogP contribution in [0.25, 0.3) is 0 Å². The Morgan fingerprint density at radius 2 is 2.15 bits per heavy atom. The van der Waals surface area contributed by atoms with Gasteiger partial charge in [-0.25, -0.2) is 0 Å². The van der Waals surface area contributed by atoms with Crippen LogP contribution in [-0.4, -0.2) is 35.0 Å². The fourth-order valence-corrected chi connectivity index (χ4v) is 3.79. The van der Waals surface area contributed by atoms with Crippen LogP contribution >= 0.6 is 11.3 Å². The predicted molar refractivity (Wildman–Crippen MR) is 79.2 cm³/mol. The van der Waals surface area contributed by atoms with E-state index in [2.05, 4.69) is 6.92 Å². The molecule has 2 rings (SSSR count). The molecule has 1 N–H and O–H groups in total. The Kier molecular flexibility index (Phi) is 4.48. The molecular formula is C15H21NO3S. The number of carboxylic acid groups (broad SMARTS) is 1. The maximum atomic E-state index is 12.5. The topological polar surface area (TPSA) is 57.6 Å².